The van der Waals surface area contributed by atoms with Crippen molar-refractivity contribution in [3.8, 4) is 0 Å². The van der Waals surface area contributed by atoms with E-state index in [4.69, 9.17) is 4.74 Å². The van der Waals surface area contributed by atoms with E-state index in [0.29, 0.717) is 12.2 Å². The van der Waals surface area contributed by atoms with E-state index in [1.807, 2.05) is 0 Å². The Morgan fingerprint density at radius 3 is 2.48 bits per heavy atom. The van der Waals surface area contributed by atoms with Gasteiger partial charge in [0.2, 0.25) is 0 Å². The van der Waals surface area contributed by atoms with Crippen molar-refractivity contribution in [3.05, 3.63) is 58.6 Å². The standard InChI is InChI=1S/C19H20O2/c20-16-11-6-10-15-18(13-7-2-1-3-8-13)14-9-4-5-12-17(14)21-19(15)16/h1-3,7-8,18H,4-6,9-12H2. The molecule has 0 amide bonds. The molecule has 0 aromatic heterocycles. The monoisotopic (exact) mass is 280 g/mol. The molecule has 108 valence electrons. The quantitative estimate of drug-likeness (QED) is 0.749. The van der Waals surface area contributed by atoms with E-state index in [9.17, 15) is 4.79 Å². The molecule has 3 aliphatic rings. The molecule has 2 nitrogen and oxygen atoms in total. The first-order valence-corrected chi connectivity index (χ1v) is 8.05. The average molecular weight is 280 g/mol. The fourth-order valence-corrected chi connectivity index (χ4v) is 3.95. The summed E-state index contributed by atoms with van der Waals surface area (Å²) in [6, 6.07) is 10.6. The molecule has 1 aromatic rings. The van der Waals surface area contributed by atoms with E-state index in [2.05, 4.69) is 30.3 Å². The van der Waals surface area contributed by atoms with Crippen LogP contribution in [0.1, 0.15) is 56.4 Å². The molecule has 0 N–H and O–H groups in total. The van der Waals surface area contributed by atoms with E-state index in [1.54, 1.807) is 0 Å². The largest absolute Gasteiger partial charge is 0.458 e. The van der Waals surface area contributed by atoms with Crippen LogP contribution >= 0.6 is 0 Å². The van der Waals surface area contributed by atoms with Gasteiger partial charge < -0.3 is 4.74 Å². The van der Waals surface area contributed by atoms with Gasteiger partial charge in [0, 0.05) is 18.8 Å². The highest BCUT2D eigenvalue weighted by Crippen LogP contribution is 2.48. The average Bonchev–Trinajstić information content (AvgIpc) is 2.54. The lowest BCUT2D eigenvalue weighted by molar-refractivity contribution is -0.119. The van der Waals surface area contributed by atoms with Crippen LogP contribution in [0.2, 0.25) is 0 Å². The topological polar surface area (TPSA) is 26.3 Å². The summed E-state index contributed by atoms with van der Waals surface area (Å²) in [7, 11) is 0. The molecule has 1 heterocycles. The zero-order valence-corrected chi connectivity index (χ0v) is 12.2. The number of hydrogen-bond acceptors (Lipinski definition) is 2. The Morgan fingerprint density at radius 2 is 1.62 bits per heavy atom. The molecule has 1 aliphatic heterocycles. The van der Waals surface area contributed by atoms with Crippen LogP contribution in [0.3, 0.4) is 0 Å². The summed E-state index contributed by atoms with van der Waals surface area (Å²) < 4.78 is 6.07. The summed E-state index contributed by atoms with van der Waals surface area (Å²) >= 11 is 0. The lowest BCUT2D eigenvalue weighted by Gasteiger charge is -2.36. The molecule has 1 aromatic carbocycles. The van der Waals surface area contributed by atoms with Crippen molar-refractivity contribution < 1.29 is 9.53 Å². The highest BCUT2D eigenvalue weighted by molar-refractivity contribution is 5.96. The number of allylic oxidation sites excluding steroid dienone is 4. The van der Waals surface area contributed by atoms with E-state index >= 15 is 0 Å². The fraction of sp³-hybridized carbons (Fsp3) is 0.421. The molecule has 0 radical (unpaired) electrons. The normalized spacial score (nSPS) is 25.3. The van der Waals surface area contributed by atoms with Gasteiger partial charge in [0.05, 0.1) is 0 Å². The van der Waals surface area contributed by atoms with Crippen LogP contribution in [-0.2, 0) is 9.53 Å². The summed E-state index contributed by atoms with van der Waals surface area (Å²) in [4.78, 5) is 12.3. The second-order valence-corrected chi connectivity index (χ2v) is 6.23. The molecule has 0 spiro atoms. The molecule has 0 bridgehead atoms. The van der Waals surface area contributed by atoms with Crippen molar-refractivity contribution >= 4 is 5.78 Å². The van der Waals surface area contributed by atoms with Gasteiger partial charge in [-0.2, -0.15) is 0 Å². The molecule has 1 unspecified atom stereocenters. The van der Waals surface area contributed by atoms with Gasteiger partial charge in [0.25, 0.3) is 0 Å². The highest BCUT2D eigenvalue weighted by atomic mass is 16.5. The Morgan fingerprint density at radius 1 is 0.857 bits per heavy atom. The van der Waals surface area contributed by atoms with E-state index in [1.165, 1.54) is 29.6 Å². The van der Waals surface area contributed by atoms with Gasteiger partial charge in [0.1, 0.15) is 5.76 Å². The third-order valence-corrected chi connectivity index (χ3v) is 4.91. The van der Waals surface area contributed by atoms with E-state index < -0.39 is 0 Å². The smallest absolute Gasteiger partial charge is 0.197 e. The first-order chi connectivity index (χ1) is 10.3. The first kappa shape index (κ1) is 12.9. The Hall–Kier alpha value is -1.83. The van der Waals surface area contributed by atoms with Gasteiger partial charge in [-0.25, -0.2) is 0 Å². The maximum absolute atomic E-state index is 12.3. The van der Waals surface area contributed by atoms with Gasteiger partial charge in [-0.05, 0) is 48.8 Å². The number of ketones is 1. The lowest BCUT2D eigenvalue weighted by atomic mass is 9.74. The summed E-state index contributed by atoms with van der Waals surface area (Å²) in [6.45, 7) is 0. The molecule has 2 heteroatoms. The molecular weight excluding hydrogens is 260 g/mol. The second kappa shape index (κ2) is 5.18. The minimum atomic E-state index is 0.203. The number of ether oxygens (including phenoxy) is 1. The molecule has 21 heavy (non-hydrogen) atoms. The van der Waals surface area contributed by atoms with Gasteiger partial charge >= 0.3 is 0 Å². The van der Waals surface area contributed by atoms with E-state index in [0.717, 1.165) is 31.4 Å². The minimum Gasteiger partial charge on any atom is -0.458 e. The van der Waals surface area contributed by atoms with Crippen molar-refractivity contribution in [3.63, 3.8) is 0 Å². The summed E-state index contributed by atoms with van der Waals surface area (Å²) in [5.74, 6) is 2.25. The summed E-state index contributed by atoms with van der Waals surface area (Å²) in [5, 5.41) is 0. The van der Waals surface area contributed by atoms with Gasteiger partial charge in [0.15, 0.2) is 11.5 Å². The first-order valence-electron chi connectivity index (χ1n) is 8.05. The Bertz CT molecular complexity index is 637. The van der Waals surface area contributed by atoms with E-state index in [-0.39, 0.29) is 11.7 Å². The van der Waals surface area contributed by atoms with Gasteiger partial charge in [-0.15, -0.1) is 0 Å². The van der Waals surface area contributed by atoms with Crippen LogP contribution < -0.4 is 0 Å². The SMILES string of the molecule is O=C1CCCC2=C1OC1=C(CCCC1)C2c1ccccc1. The number of benzene rings is 1. The van der Waals surface area contributed by atoms with Crippen molar-refractivity contribution in [2.24, 2.45) is 0 Å². The molecule has 0 saturated heterocycles. The fourth-order valence-electron chi connectivity index (χ4n) is 3.95. The van der Waals surface area contributed by atoms with Crippen LogP contribution in [-0.4, -0.2) is 5.78 Å². The zero-order chi connectivity index (χ0) is 14.2. The Balaban J connectivity index is 1.86. The van der Waals surface area contributed by atoms with Crippen molar-refractivity contribution in [1.82, 2.24) is 0 Å². The molecule has 1 atom stereocenters. The lowest BCUT2D eigenvalue weighted by Crippen LogP contribution is -2.26. The number of rotatable bonds is 1. The van der Waals surface area contributed by atoms with Gasteiger partial charge in [-0.1, -0.05) is 30.3 Å². The third-order valence-electron chi connectivity index (χ3n) is 4.91. The second-order valence-electron chi connectivity index (χ2n) is 6.23. The number of Topliss-reactive ketones (excluding diaryl/α,β-unsaturated/α-hetero) is 1. The van der Waals surface area contributed by atoms with Crippen molar-refractivity contribution in [1.29, 1.82) is 0 Å². The van der Waals surface area contributed by atoms with Crippen LogP contribution in [0.15, 0.2) is 53.0 Å². The third kappa shape index (κ3) is 2.14. The maximum atomic E-state index is 12.3. The Kier molecular flexibility index (Phi) is 3.17. The molecule has 4 rings (SSSR count). The van der Waals surface area contributed by atoms with Crippen LogP contribution in [0, 0.1) is 0 Å². The predicted octanol–water partition coefficient (Wildman–Crippen LogP) is 4.64. The number of carbonyl (C=O) groups is 1. The highest BCUT2D eigenvalue weighted by Gasteiger charge is 2.37. The molecule has 2 aliphatic carbocycles. The van der Waals surface area contributed by atoms with Crippen LogP contribution in [0.4, 0.5) is 0 Å². The predicted molar refractivity (Wildman–Crippen MR) is 81.6 cm³/mol. The molecular formula is C19H20O2. The molecule has 0 fully saturated rings. The Labute approximate surface area is 125 Å². The maximum Gasteiger partial charge on any atom is 0.197 e. The summed E-state index contributed by atoms with van der Waals surface area (Å²) in [5.41, 5.74) is 3.98. The number of hydrogen-bond donors (Lipinski definition) is 0. The van der Waals surface area contributed by atoms with Crippen molar-refractivity contribution in [2.75, 3.05) is 0 Å². The van der Waals surface area contributed by atoms with Crippen LogP contribution in [0.5, 0.6) is 0 Å². The van der Waals surface area contributed by atoms with Crippen LogP contribution in [0.25, 0.3) is 0 Å². The number of carbonyl (C=O) groups excluding carboxylic acids is 1. The van der Waals surface area contributed by atoms with Crippen molar-refractivity contribution in [2.45, 2.75) is 50.9 Å². The summed E-state index contributed by atoms with van der Waals surface area (Å²) in [6.07, 6.45) is 7.12. The zero-order valence-electron chi connectivity index (χ0n) is 12.2. The van der Waals surface area contributed by atoms with Gasteiger partial charge in [-0.3, -0.25) is 4.79 Å². The molecule has 0 saturated carbocycles. The minimum absolute atomic E-state index is 0.203.